The number of carbonyl (C=O) groups is 1. The first-order valence-corrected chi connectivity index (χ1v) is 8.15. The summed E-state index contributed by atoms with van der Waals surface area (Å²) in [6.07, 6.45) is 2.24. The topological polar surface area (TPSA) is 47.6 Å². The molecule has 0 atom stereocenters. The lowest BCUT2D eigenvalue weighted by molar-refractivity contribution is -0.120. The molecule has 2 aromatic rings. The van der Waals surface area contributed by atoms with Crippen LogP contribution in [0.4, 0.5) is 0 Å². The average molecular weight is 327 g/mol. The molecule has 0 fully saturated rings. The smallest absolute Gasteiger partial charge is 0.224 e. The minimum absolute atomic E-state index is 0.0199. The van der Waals surface area contributed by atoms with Gasteiger partial charge in [0, 0.05) is 6.54 Å². The summed E-state index contributed by atoms with van der Waals surface area (Å²) in [6.45, 7) is 2.77. The molecule has 0 bridgehead atoms. The van der Waals surface area contributed by atoms with Crippen LogP contribution in [0.1, 0.15) is 23.1 Å². The Labute approximate surface area is 143 Å². The zero-order valence-corrected chi connectivity index (χ0v) is 14.6. The molecule has 1 amide bonds. The van der Waals surface area contributed by atoms with E-state index in [1.54, 1.807) is 14.2 Å². The van der Waals surface area contributed by atoms with Crippen molar-refractivity contribution in [1.29, 1.82) is 0 Å². The number of hydrogen-bond acceptors (Lipinski definition) is 3. The van der Waals surface area contributed by atoms with Crippen LogP contribution >= 0.6 is 0 Å². The first kappa shape index (κ1) is 17.9. The van der Waals surface area contributed by atoms with Gasteiger partial charge in [0.25, 0.3) is 0 Å². The van der Waals surface area contributed by atoms with Crippen molar-refractivity contribution in [2.24, 2.45) is 0 Å². The molecule has 4 heteroatoms. The minimum Gasteiger partial charge on any atom is -0.493 e. The van der Waals surface area contributed by atoms with Crippen molar-refractivity contribution >= 4 is 5.91 Å². The zero-order valence-electron chi connectivity index (χ0n) is 14.6. The van der Waals surface area contributed by atoms with Crippen LogP contribution in [-0.2, 0) is 17.6 Å². The van der Waals surface area contributed by atoms with Crippen molar-refractivity contribution < 1.29 is 14.3 Å². The highest BCUT2D eigenvalue weighted by Gasteiger charge is 2.08. The summed E-state index contributed by atoms with van der Waals surface area (Å²) in [5, 5.41) is 2.97. The second kappa shape index (κ2) is 8.96. The van der Waals surface area contributed by atoms with E-state index in [1.807, 2.05) is 18.2 Å². The van der Waals surface area contributed by atoms with Gasteiger partial charge in [-0.1, -0.05) is 35.9 Å². The number of hydrogen-bond donors (Lipinski definition) is 1. The fraction of sp³-hybridized carbons (Fsp3) is 0.350. The standard InChI is InChI=1S/C20H25NO3/c1-15-6-4-7-16(12-15)8-5-11-21-20(22)14-17-9-10-18(23-2)19(13-17)24-3/h4,6-7,9-10,12-13H,5,8,11,14H2,1-3H3,(H,21,22). The number of ether oxygens (including phenoxy) is 2. The molecule has 24 heavy (non-hydrogen) atoms. The summed E-state index contributed by atoms with van der Waals surface area (Å²) in [5.74, 6) is 1.33. The molecule has 1 N–H and O–H groups in total. The second-order valence-corrected chi connectivity index (χ2v) is 5.81. The highest BCUT2D eigenvalue weighted by Crippen LogP contribution is 2.27. The fourth-order valence-corrected chi connectivity index (χ4v) is 2.63. The molecule has 4 nitrogen and oxygen atoms in total. The van der Waals surface area contributed by atoms with Gasteiger partial charge >= 0.3 is 0 Å². The predicted octanol–water partition coefficient (Wildman–Crippen LogP) is 3.30. The Kier molecular flexibility index (Phi) is 6.67. The quantitative estimate of drug-likeness (QED) is 0.757. The monoisotopic (exact) mass is 327 g/mol. The molecule has 0 saturated carbocycles. The van der Waals surface area contributed by atoms with Crippen LogP contribution in [0.5, 0.6) is 11.5 Å². The summed E-state index contributed by atoms with van der Waals surface area (Å²) in [6, 6.07) is 14.0. The lowest BCUT2D eigenvalue weighted by Gasteiger charge is -2.10. The van der Waals surface area contributed by atoms with E-state index in [4.69, 9.17) is 9.47 Å². The normalized spacial score (nSPS) is 10.3. The third-order valence-electron chi connectivity index (χ3n) is 3.86. The molecule has 0 radical (unpaired) electrons. The van der Waals surface area contributed by atoms with Crippen LogP contribution in [0, 0.1) is 6.92 Å². The second-order valence-electron chi connectivity index (χ2n) is 5.81. The Morgan fingerprint density at radius 3 is 2.50 bits per heavy atom. The molecular formula is C20H25NO3. The summed E-state index contributed by atoms with van der Waals surface area (Å²) in [4.78, 5) is 12.0. The lowest BCUT2D eigenvalue weighted by Crippen LogP contribution is -2.26. The van der Waals surface area contributed by atoms with Gasteiger partial charge in [0.2, 0.25) is 5.91 Å². The van der Waals surface area contributed by atoms with E-state index >= 15 is 0 Å². The van der Waals surface area contributed by atoms with Gasteiger partial charge in [-0.3, -0.25) is 4.79 Å². The Hall–Kier alpha value is -2.49. The number of methoxy groups -OCH3 is 2. The van der Waals surface area contributed by atoms with E-state index in [1.165, 1.54) is 11.1 Å². The van der Waals surface area contributed by atoms with E-state index in [2.05, 4.69) is 36.5 Å². The Balaban J connectivity index is 1.77. The van der Waals surface area contributed by atoms with Crippen molar-refractivity contribution in [2.75, 3.05) is 20.8 Å². The number of aryl methyl sites for hydroxylation is 2. The molecule has 0 heterocycles. The number of benzene rings is 2. The summed E-state index contributed by atoms with van der Waals surface area (Å²) in [7, 11) is 3.19. The van der Waals surface area contributed by atoms with E-state index in [0.717, 1.165) is 18.4 Å². The highest BCUT2D eigenvalue weighted by atomic mass is 16.5. The van der Waals surface area contributed by atoms with Crippen molar-refractivity contribution in [3.05, 3.63) is 59.2 Å². The maximum absolute atomic E-state index is 12.0. The molecule has 2 rings (SSSR count). The van der Waals surface area contributed by atoms with E-state index in [9.17, 15) is 4.79 Å². The molecule has 128 valence electrons. The lowest BCUT2D eigenvalue weighted by atomic mass is 10.1. The van der Waals surface area contributed by atoms with Gasteiger partial charge < -0.3 is 14.8 Å². The molecule has 0 aliphatic carbocycles. The van der Waals surface area contributed by atoms with Crippen LogP contribution in [-0.4, -0.2) is 26.7 Å². The molecule has 0 aliphatic heterocycles. The fourth-order valence-electron chi connectivity index (χ4n) is 2.63. The SMILES string of the molecule is COc1ccc(CC(=O)NCCCc2cccc(C)c2)cc1OC. The first-order valence-electron chi connectivity index (χ1n) is 8.15. The molecular weight excluding hydrogens is 302 g/mol. The van der Waals surface area contributed by atoms with E-state index < -0.39 is 0 Å². The van der Waals surface area contributed by atoms with Gasteiger partial charge in [-0.2, -0.15) is 0 Å². The highest BCUT2D eigenvalue weighted by molar-refractivity contribution is 5.78. The Bertz CT molecular complexity index is 682. The number of rotatable bonds is 8. The molecule has 0 aromatic heterocycles. The van der Waals surface area contributed by atoms with Crippen LogP contribution in [0.25, 0.3) is 0 Å². The molecule has 0 unspecified atom stereocenters. The maximum Gasteiger partial charge on any atom is 0.224 e. The van der Waals surface area contributed by atoms with Gasteiger partial charge in [-0.05, 0) is 43.0 Å². The molecule has 0 saturated heterocycles. The van der Waals surface area contributed by atoms with Gasteiger partial charge in [-0.15, -0.1) is 0 Å². The molecule has 0 aliphatic rings. The summed E-state index contributed by atoms with van der Waals surface area (Å²) in [5.41, 5.74) is 3.48. The van der Waals surface area contributed by atoms with Crippen LogP contribution < -0.4 is 14.8 Å². The third kappa shape index (κ3) is 5.30. The van der Waals surface area contributed by atoms with Gasteiger partial charge in [-0.25, -0.2) is 0 Å². The Morgan fingerprint density at radius 2 is 1.79 bits per heavy atom. The van der Waals surface area contributed by atoms with Crippen molar-refractivity contribution in [3.63, 3.8) is 0 Å². The van der Waals surface area contributed by atoms with Gasteiger partial charge in [0.15, 0.2) is 11.5 Å². The van der Waals surface area contributed by atoms with Gasteiger partial charge in [0.05, 0.1) is 20.6 Å². The van der Waals surface area contributed by atoms with E-state index in [-0.39, 0.29) is 5.91 Å². The zero-order chi connectivity index (χ0) is 17.4. The number of nitrogens with one attached hydrogen (secondary N) is 1. The minimum atomic E-state index is 0.0199. The summed E-state index contributed by atoms with van der Waals surface area (Å²) >= 11 is 0. The Morgan fingerprint density at radius 1 is 1.00 bits per heavy atom. The average Bonchev–Trinajstić information content (AvgIpc) is 2.58. The van der Waals surface area contributed by atoms with Gasteiger partial charge in [0.1, 0.15) is 0 Å². The van der Waals surface area contributed by atoms with Crippen molar-refractivity contribution in [1.82, 2.24) is 5.32 Å². The largest absolute Gasteiger partial charge is 0.493 e. The van der Waals surface area contributed by atoms with Crippen LogP contribution in [0.15, 0.2) is 42.5 Å². The summed E-state index contributed by atoms with van der Waals surface area (Å²) < 4.78 is 10.5. The van der Waals surface area contributed by atoms with Crippen LogP contribution in [0.2, 0.25) is 0 Å². The van der Waals surface area contributed by atoms with Crippen molar-refractivity contribution in [3.8, 4) is 11.5 Å². The maximum atomic E-state index is 12.0. The molecule has 2 aromatic carbocycles. The number of carbonyl (C=O) groups excluding carboxylic acids is 1. The van der Waals surface area contributed by atoms with Crippen molar-refractivity contribution in [2.45, 2.75) is 26.2 Å². The first-order chi connectivity index (χ1) is 11.6. The van der Waals surface area contributed by atoms with Crippen LogP contribution in [0.3, 0.4) is 0 Å². The number of amides is 1. The van der Waals surface area contributed by atoms with E-state index in [0.29, 0.717) is 24.5 Å². The predicted molar refractivity (Wildman–Crippen MR) is 95.8 cm³/mol. The molecule has 0 spiro atoms. The third-order valence-corrected chi connectivity index (χ3v) is 3.86.